The van der Waals surface area contributed by atoms with E-state index < -0.39 is 5.60 Å². The molecule has 7 nitrogen and oxygen atoms in total. The van der Waals surface area contributed by atoms with Gasteiger partial charge in [0.25, 0.3) is 0 Å². The molecule has 0 atom stereocenters. The van der Waals surface area contributed by atoms with Gasteiger partial charge < -0.3 is 14.7 Å². The fourth-order valence-electron chi connectivity index (χ4n) is 3.77. The summed E-state index contributed by atoms with van der Waals surface area (Å²) in [6, 6.07) is 0.300. The van der Waals surface area contributed by atoms with Gasteiger partial charge in [0.05, 0.1) is 6.10 Å². The summed E-state index contributed by atoms with van der Waals surface area (Å²) in [5, 5.41) is 13.6. The van der Waals surface area contributed by atoms with Gasteiger partial charge >= 0.3 is 6.09 Å². The first-order valence-electron chi connectivity index (χ1n) is 9.03. The Morgan fingerprint density at radius 3 is 2.04 bits per heavy atom. The van der Waals surface area contributed by atoms with E-state index in [0.29, 0.717) is 0 Å². The molecular formula is C17H30N4O3. The van der Waals surface area contributed by atoms with Crippen LogP contribution < -0.4 is 0 Å². The van der Waals surface area contributed by atoms with Gasteiger partial charge in [0.15, 0.2) is 0 Å². The largest absolute Gasteiger partial charge is 0.444 e. The summed E-state index contributed by atoms with van der Waals surface area (Å²) in [4.78, 5) is 17.6. The van der Waals surface area contributed by atoms with Crippen LogP contribution in [0.1, 0.15) is 72.1 Å². The molecule has 2 fully saturated rings. The number of hydrogen-bond donors (Lipinski definition) is 1. The molecule has 0 bridgehead atoms. The number of amides is 1. The van der Waals surface area contributed by atoms with E-state index in [1.807, 2.05) is 25.7 Å². The van der Waals surface area contributed by atoms with Gasteiger partial charge in [-0.3, -0.25) is 0 Å². The van der Waals surface area contributed by atoms with Crippen molar-refractivity contribution in [3.63, 3.8) is 0 Å². The molecule has 1 N–H and O–H groups in total. The zero-order valence-electron chi connectivity index (χ0n) is 15.0. The fraction of sp³-hybridized carbons (Fsp3) is 0.941. The summed E-state index contributed by atoms with van der Waals surface area (Å²) in [7, 11) is 0. The van der Waals surface area contributed by atoms with E-state index in [-0.39, 0.29) is 30.3 Å². The van der Waals surface area contributed by atoms with Crippen LogP contribution in [-0.2, 0) is 4.74 Å². The van der Waals surface area contributed by atoms with Crippen LogP contribution in [0.15, 0.2) is 5.11 Å². The van der Waals surface area contributed by atoms with E-state index in [1.54, 1.807) is 0 Å². The van der Waals surface area contributed by atoms with Gasteiger partial charge in [-0.25, -0.2) is 4.79 Å². The van der Waals surface area contributed by atoms with Crippen LogP contribution in [0.5, 0.6) is 0 Å². The molecule has 2 saturated carbocycles. The minimum atomic E-state index is -0.522. The first-order valence-corrected chi connectivity index (χ1v) is 9.03. The number of hydrogen-bond acceptors (Lipinski definition) is 4. The van der Waals surface area contributed by atoms with Crippen LogP contribution in [0.2, 0.25) is 0 Å². The highest BCUT2D eigenvalue weighted by molar-refractivity contribution is 5.69. The average Bonchev–Trinajstić information content (AvgIpc) is 2.50. The Morgan fingerprint density at radius 1 is 1.08 bits per heavy atom. The number of aliphatic hydroxyl groups excluding tert-OH is 1. The lowest BCUT2D eigenvalue weighted by Gasteiger charge is -2.43. The summed E-state index contributed by atoms with van der Waals surface area (Å²) >= 11 is 0. The molecule has 1 amide bonds. The van der Waals surface area contributed by atoms with Crippen LogP contribution in [0.4, 0.5) is 4.79 Å². The number of ether oxygens (including phenoxy) is 1. The Labute approximate surface area is 144 Å². The number of nitrogens with zero attached hydrogens (tertiary/aromatic N) is 4. The Balaban J connectivity index is 2.08. The topological polar surface area (TPSA) is 98.5 Å². The standard InChI is InChI=1S/C17H30N4O3/c1-17(2,3)24-16(23)21(14-8-10-15(22)11-9-14)13-6-4-12(5-7-13)19-20-18/h12-15,22H,4-11H2,1-3H3. The third kappa shape index (κ3) is 5.28. The average molecular weight is 338 g/mol. The van der Waals surface area contributed by atoms with Crippen molar-refractivity contribution < 1.29 is 14.6 Å². The zero-order chi connectivity index (χ0) is 17.7. The highest BCUT2D eigenvalue weighted by Crippen LogP contribution is 2.32. The first-order chi connectivity index (χ1) is 11.3. The van der Waals surface area contributed by atoms with Crippen molar-refractivity contribution in [2.45, 2.75) is 102 Å². The van der Waals surface area contributed by atoms with Crippen LogP contribution in [-0.4, -0.2) is 45.9 Å². The first kappa shape index (κ1) is 18.9. The van der Waals surface area contributed by atoms with E-state index in [2.05, 4.69) is 10.0 Å². The van der Waals surface area contributed by atoms with Crippen molar-refractivity contribution >= 4 is 6.09 Å². The number of rotatable bonds is 3. The quantitative estimate of drug-likeness (QED) is 0.475. The third-order valence-corrected chi connectivity index (χ3v) is 4.94. The number of carbonyl (C=O) groups is 1. The summed E-state index contributed by atoms with van der Waals surface area (Å²) in [6.45, 7) is 5.64. The molecule has 0 saturated heterocycles. The van der Waals surface area contributed by atoms with Gasteiger partial charge in [-0.1, -0.05) is 5.11 Å². The van der Waals surface area contributed by atoms with E-state index in [9.17, 15) is 9.90 Å². The molecule has 0 aromatic heterocycles. The summed E-state index contributed by atoms with van der Waals surface area (Å²) < 4.78 is 5.65. The molecule has 2 aliphatic carbocycles. The maximum atomic E-state index is 12.8. The molecule has 0 heterocycles. The predicted octanol–water partition coefficient (Wildman–Crippen LogP) is 4.15. The smallest absolute Gasteiger partial charge is 0.410 e. The molecule has 0 radical (unpaired) electrons. The lowest BCUT2D eigenvalue weighted by Crippen LogP contribution is -2.51. The summed E-state index contributed by atoms with van der Waals surface area (Å²) in [6.07, 6.45) is 5.89. The minimum absolute atomic E-state index is 0.0416. The maximum Gasteiger partial charge on any atom is 0.410 e. The second kappa shape index (κ2) is 8.08. The second-order valence-electron chi connectivity index (χ2n) is 8.02. The van der Waals surface area contributed by atoms with Gasteiger partial charge in [0.1, 0.15) is 5.60 Å². The van der Waals surface area contributed by atoms with Crippen molar-refractivity contribution in [3.8, 4) is 0 Å². The highest BCUT2D eigenvalue weighted by atomic mass is 16.6. The summed E-state index contributed by atoms with van der Waals surface area (Å²) in [5.41, 5.74) is 8.07. The molecule has 24 heavy (non-hydrogen) atoms. The molecule has 2 aliphatic rings. The Bertz CT molecular complexity index is 469. The minimum Gasteiger partial charge on any atom is -0.444 e. The van der Waals surface area contributed by atoms with Crippen molar-refractivity contribution in [1.82, 2.24) is 4.90 Å². The molecule has 7 heteroatoms. The Morgan fingerprint density at radius 2 is 1.58 bits per heavy atom. The number of aliphatic hydroxyl groups is 1. The van der Waals surface area contributed by atoms with E-state index >= 15 is 0 Å². The SMILES string of the molecule is CC(C)(C)OC(=O)N(C1CCC(O)CC1)C1CCC(N=[N+]=[N-])CC1. The van der Waals surface area contributed by atoms with Crippen LogP contribution >= 0.6 is 0 Å². The predicted molar refractivity (Wildman–Crippen MR) is 91.5 cm³/mol. The lowest BCUT2D eigenvalue weighted by molar-refractivity contribution is -0.0130. The van der Waals surface area contributed by atoms with Crippen molar-refractivity contribution in [2.24, 2.45) is 5.11 Å². The van der Waals surface area contributed by atoms with Gasteiger partial charge in [-0.15, -0.1) is 0 Å². The van der Waals surface area contributed by atoms with Gasteiger partial charge in [-0.2, -0.15) is 0 Å². The third-order valence-electron chi connectivity index (χ3n) is 4.94. The number of azide groups is 1. The summed E-state index contributed by atoms with van der Waals surface area (Å²) in [5.74, 6) is 0. The lowest BCUT2D eigenvalue weighted by atomic mass is 9.86. The molecule has 136 valence electrons. The van der Waals surface area contributed by atoms with Crippen LogP contribution in [0.25, 0.3) is 10.4 Å². The van der Waals surface area contributed by atoms with Crippen molar-refractivity contribution in [3.05, 3.63) is 10.4 Å². The fourth-order valence-corrected chi connectivity index (χ4v) is 3.77. The van der Waals surface area contributed by atoms with Gasteiger partial charge in [0.2, 0.25) is 0 Å². The van der Waals surface area contributed by atoms with E-state index in [4.69, 9.17) is 10.3 Å². The van der Waals surface area contributed by atoms with Crippen LogP contribution in [0, 0.1) is 0 Å². The molecule has 0 aliphatic heterocycles. The van der Waals surface area contributed by atoms with Crippen LogP contribution in [0.3, 0.4) is 0 Å². The molecule has 0 aromatic rings. The highest BCUT2D eigenvalue weighted by Gasteiger charge is 2.37. The molecule has 0 unspecified atom stereocenters. The monoisotopic (exact) mass is 338 g/mol. The van der Waals surface area contributed by atoms with E-state index in [1.165, 1.54) is 0 Å². The zero-order valence-corrected chi connectivity index (χ0v) is 15.0. The normalized spacial score (nSPS) is 31.0. The Hall–Kier alpha value is -1.46. The van der Waals surface area contributed by atoms with Crippen molar-refractivity contribution in [2.75, 3.05) is 0 Å². The molecule has 0 spiro atoms. The second-order valence-corrected chi connectivity index (χ2v) is 8.02. The van der Waals surface area contributed by atoms with Gasteiger partial charge in [0, 0.05) is 23.0 Å². The van der Waals surface area contributed by atoms with Crippen molar-refractivity contribution in [1.29, 1.82) is 0 Å². The molecular weight excluding hydrogens is 308 g/mol. The molecule has 2 rings (SSSR count). The Kier molecular flexibility index (Phi) is 6.35. The molecule has 0 aromatic carbocycles. The maximum absolute atomic E-state index is 12.8. The van der Waals surface area contributed by atoms with E-state index in [0.717, 1.165) is 51.4 Å². The van der Waals surface area contributed by atoms with Gasteiger partial charge in [-0.05, 0) is 77.7 Å². The number of carbonyl (C=O) groups excluding carboxylic acids is 1.